The minimum atomic E-state index is 1.02. The topological polar surface area (TPSA) is 0 Å². The molecule has 0 aliphatic rings. The van der Waals surface area contributed by atoms with Crippen molar-refractivity contribution in [1.29, 1.82) is 0 Å². The van der Waals surface area contributed by atoms with Crippen molar-refractivity contribution in [2.24, 2.45) is 0 Å². The molecular weight excluding hydrogens is 204 g/mol. The molecule has 17 heavy (non-hydrogen) atoms. The highest BCUT2D eigenvalue weighted by Gasteiger charge is 1.97. The third-order valence-electron chi connectivity index (χ3n) is 2.31. The Balaban J connectivity index is -0.000000275. The van der Waals surface area contributed by atoms with Gasteiger partial charge in [-0.05, 0) is 26.7 Å². The van der Waals surface area contributed by atoms with Gasteiger partial charge in [0.1, 0.15) is 0 Å². The zero-order valence-corrected chi connectivity index (χ0v) is 13.3. The Morgan fingerprint density at radius 1 is 1.00 bits per heavy atom. The Morgan fingerprint density at radius 3 is 1.59 bits per heavy atom. The maximum atomic E-state index is 3.89. The molecule has 0 aromatic heterocycles. The lowest BCUT2D eigenvalue weighted by atomic mass is 10.0. The molecule has 0 saturated heterocycles. The summed E-state index contributed by atoms with van der Waals surface area (Å²) < 4.78 is 0. The minimum Gasteiger partial charge on any atom is -0.0998 e. The molecule has 0 aliphatic heterocycles. The quantitative estimate of drug-likeness (QED) is 0.369. The van der Waals surface area contributed by atoms with E-state index in [0.29, 0.717) is 0 Å². The first-order chi connectivity index (χ1) is 8.03. The third kappa shape index (κ3) is 17.8. The van der Waals surface area contributed by atoms with E-state index in [1.807, 2.05) is 19.9 Å². The number of hydrogen-bond acceptors (Lipinski definition) is 0. The monoisotopic (exact) mass is 238 g/mol. The average Bonchev–Trinajstić information content (AvgIpc) is 2.37. The first-order valence-corrected chi connectivity index (χ1v) is 6.98. The zero-order valence-electron chi connectivity index (χ0n) is 13.3. The fourth-order valence-electron chi connectivity index (χ4n) is 1.05. The van der Waals surface area contributed by atoms with Gasteiger partial charge in [-0.2, -0.15) is 0 Å². The molecule has 0 radical (unpaired) electrons. The lowest BCUT2D eigenvalue weighted by Gasteiger charge is -2.06. The molecular formula is C17H34. The molecule has 0 rings (SSSR count). The van der Waals surface area contributed by atoms with E-state index >= 15 is 0 Å². The SMILES string of the molecule is C=C/C(C)=C(/CC)CC(=C)C.CC.CCCC. The van der Waals surface area contributed by atoms with Crippen molar-refractivity contribution in [2.45, 2.75) is 74.1 Å². The van der Waals surface area contributed by atoms with Gasteiger partial charge in [-0.25, -0.2) is 0 Å². The Morgan fingerprint density at radius 2 is 1.41 bits per heavy atom. The Hall–Kier alpha value is -0.780. The van der Waals surface area contributed by atoms with Gasteiger partial charge in [-0.1, -0.05) is 83.4 Å². The summed E-state index contributed by atoms with van der Waals surface area (Å²) in [6, 6.07) is 0. The third-order valence-corrected chi connectivity index (χ3v) is 2.31. The molecule has 0 heterocycles. The smallest absolute Gasteiger partial charge is 0.0108 e. The maximum absolute atomic E-state index is 3.89. The summed E-state index contributed by atoms with van der Waals surface area (Å²) in [6.07, 6.45) is 6.68. The molecule has 0 nitrogen and oxygen atoms in total. The highest BCUT2D eigenvalue weighted by Crippen LogP contribution is 2.17. The second-order valence-electron chi connectivity index (χ2n) is 3.98. The largest absolute Gasteiger partial charge is 0.0998 e. The van der Waals surface area contributed by atoms with E-state index in [-0.39, 0.29) is 0 Å². The van der Waals surface area contributed by atoms with Crippen LogP contribution in [0.3, 0.4) is 0 Å². The molecule has 0 N–H and O–H groups in total. The van der Waals surface area contributed by atoms with E-state index in [4.69, 9.17) is 0 Å². The van der Waals surface area contributed by atoms with E-state index in [1.165, 1.54) is 29.6 Å². The summed E-state index contributed by atoms with van der Waals surface area (Å²) in [6.45, 7) is 22.3. The molecule has 0 saturated carbocycles. The first kappa shape index (κ1) is 21.5. The Bertz CT molecular complexity index is 204. The lowest BCUT2D eigenvalue weighted by Crippen LogP contribution is -1.86. The van der Waals surface area contributed by atoms with Gasteiger partial charge in [0.25, 0.3) is 0 Å². The summed E-state index contributed by atoms with van der Waals surface area (Å²) in [4.78, 5) is 0. The van der Waals surface area contributed by atoms with E-state index in [0.717, 1.165) is 12.8 Å². The van der Waals surface area contributed by atoms with Crippen LogP contribution in [0.1, 0.15) is 74.1 Å². The van der Waals surface area contributed by atoms with E-state index in [9.17, 15) is 0 Å². The first-order valence-electron chi connectivity index (χ1n) is 6.98. The van der Waals surface area contributed by atoms with E-state index in [2.05, 4.69) is 47.8 Å². The van der Waals surface area contributed by atoms with Gasteiger partial charge in [0, 0.05) is 0 Å². The molecule has 0 spiro atoms. The summed E-state index contributed by atoms with van der Waals surface area (Å²) in [5, 5.41) is 0. The van der Waals surface area contributed by atoms with Gasteiger partial charge >= 0.3 is 0 Å². The average molecular weight is 238 g/mol. The fraction of sp³-hybridized carbons (Fsp3) is 0.647. The molecule has 0 fully saturated rings. The van der Waals surface area contributed by atoms with Crippen LogP contribution in [0.15, 0.2) is 36.0 Å². The van der Waals surface area contributed by atoms with Gasteiger partial charge in [0.15, 0.2) is 0 Å². The van der Waals surface area contributed by atoms with Gasteiger partial charge in [0.2, 0.25) is 0 Å². The minimum absolute atomic E-state index is 1.02. The number of unbranched alkanes of at least 4 members (excludes halogenated alkanes) is 1. The maximum Gasteiger partial charge on any atom is -0.0108 e. The van der Waals surface area contributed by atoms with Crippen molar-refractivity contribution >= 4 is 0 Å². The highest BCUT2D eigenvalue weighted by molar-refractivity contribution is 5.24. The molecule has 0 atom stereocenters. The van der Waals surface area contributed by atoms with Crippen molar-refractivity contribution in [3.63, 3.8) is 0 Å². The predicted octanol–water partition coefficient (Wildman–Crippen LogP) is 6.70. The van der Waals surface area contributed by atoms with Crippen molar-refractivity contribution in [3.05, 3.63) is 36.0 Å². The predicted molar refractivity (Wildman–Crippen MR) is 84.5 cm³/mol. The van der Waals surface area contributed by atoms with Crippen LogP contribution in [0.5, 0.6) is 0 Å². The van der Waals surface area contributed by atoms with Crippen LogP contribution in [-0.2, 0) is 0 Å². The van der Waals surface area contributed by atoms with Gasteiger partial charge < -0.3 is 0 Å². The Kier molecular flexibility index (Phi) is 22.3. The van der Waals surface area contributed by atoms with E-state index in [1.54, 1.807) is 0 Å². The van der Waals surface area contributed by atoms with Crippen LogP contribution in [0.25, 0.3) is 0 Å². The number of hydrogen-bond donors (Lipinski definition) is 0. The van der Waals surface area contributed by atoms with Crippen molar-refractivity contribution in [1.82, 2.24) is 0 Å². The highest BCUT2D eigenvalue weighted by atomic mass is 14.0. The molecule has 0 unspecified atom stereocenters. The van der Waals surface area contributed by atoms with Crippen LogP contribution in [0, 0.1) is 0 Å². The summed E-state index contributed by atoms with van der Waals surface area (Å²) >= 11 is 0. The van der Waals surface area contributed by atoms with Crippen LogP contribution in [0.2, 0.25) is 0 Å². The molecule has 0 aromatic carbocycles. The molecule has 0 amide bonds. The van der Waals surface area contributed by atoms with Crippen molar-refractivity contribution in [3.8, 4) is 0 Å². The fourth-order valence-corrected chi connectivity index (χ4v) is 1.05. The normalized spacial score (nSPS) is 10.1. The molecule has 102 valence electrons. The van der Waals surface area contributed by atoms with Gasteiger partial charge in [0.05, 0.1) is 0 Å². The van der Waals surface area contributed by atoms with Gasteiger partial charge in [-0.15, -0.1) is 0 Å². The second kappa shape index (κ2) is 17.6. The zero-order chi connectivity index (χ0) is 14.3. The summed E-state index contributed by atoms with van der Waals surface area (Å²) in [5.74, 6) is 0. The summed E-state index contributed by atoms with van der Waals surface area (Å²) in [5.41, 5.74) is 3.98. The second-order valence-corrected chi connectivity index (χ2v) is 3.98. The summed E-state index contributed by atoms with van der Waals surface area (Å²) in [7, 11) is 0. The number of allylic oxidation sites excluding steroid dienone is 4. The van der Waals surface area contributed by atoms with Crippen LogP contribution >= 0.6 is 0 Å². The molecule has 0 aliphatic carbocycles. The van der Waals surface area contributed by atoms with Crippen LogP contribution in [0.4, 0.5) is 0 Å². The van der Waals surface area contributed by atoms with Crippen molar-refractivity contribution in [2.75, 3.05) is 0 Å². The Labute approximate surface area is 111 Å². The van der Waals surface area contributed by atoms with Crippen molar-refractivity contribution < 1.29 is 0 Å². The number of rotatable bonds is 5. The lowest BCUT2D eigenvalue weighted by molar-refractivity contribution is 0.886. The van der Waals surface area contributed by atoms with Crippen LogP contribution in [-0.4, -0.2) is 0 Å². The molecule has 0 aromatic rings. The van der Waals surface area contributed by atoms with Crippen LogP contribution < -0.4 is 0 Å². The molecule has 0 bridgehead atoms. The van der Waals surface area contributed by atoms with E-state index < -0.39 is 0 Å². The standard InChI is InChI=1S/C11H18.C4H10.C2H6/c1-6-10(5)11(7-2)8-9(3)4;1-3-4-2;1-2/h6H,1,3,7-8H2,2,4-5H3;3-4H2,1-2H3;1-2H3/b11-10-;;. The molecule has 0 heteroatoms. The van der Waals surface area contributed by atoms with Gasteiger partial charge in [-0.3, -0.25) is 0 Å².